The van der Waals surface area contributed by atoms with Crippen molar-refractivity contribution >= 4 is 59.3 Å². The molecule has 64 heavy (non-hydrogen) atoms. The van der Waals surface area contributed by atoms with Gasteiger partial charge < -0.3 is 33.7 Å². The number of esters is 1. The number of ether oxygens (including phenoxy) is 3. The molecule has 2 saturated heterocycles. The van der Waals surface area contributed by atoms with E-state index in [2.05, 4.69) is 36.4 Å². The molecular formula is C45H55BFN5O11S. The van der Waals surface area contributed by atoms with Gasteiger partial charge in [-0.15, -0.1) is 11.3 Å². The van der Waals surface area contributed by atoms with Crippen LogP contribution in [0.4, 0.5) is 19.1 Å². The number of anilines is 1. The van der Waals surface area contributed by atoms with E-state index < -0.39 is 72.5 Å². The molecule has 5 fully saturated rings. The molecule has 16 nitrogen and oxygen atoms in total. The molecule has 0 radical (unpaired) electrons. The van der Waals surface area contributed by atoms with Crippen molar-refractivity contribution in [2.75, 3.05) is 38.7 Å². The van der Waals surface area contributed by atoms with Crippen LogP contribution in [0.3, 0.4) is 0 Å². The van der Waals surface area contributed by atoms with E-state index in [4.69, 9.17) is 23.5 Å². The number of para-hydroxylation sites is 1. The van der Waals surface area contributed by atoms with E-state index in [0.29, 0.717) is 16.4 Å². The van der Waals surface area contributed by atoms with Crippen LogP contribution in [0.15, 0.2) is 53.9 Å². The molecule has 6 atom stereocenters. The smallest absolute Gasteiger partial charge is 0.461 e. The lowest BCUT2D eigenvalue weighted by Crippen LogP contribution is -2.65. The standard InChI is InChI=1S/C45H55BFN5O11S/c1-43(2,3)61-39(56)30-15-11-14-27(36(30)59-7)20-29(46-62-34-22-28-21-33(44(28,4)5)45(34,6)63-46)23-32(53)35(49-41(57)52-19-18-51(17-16-47)37(54)38(52)55)31-25-64-40(48-31)50-42(58)60-24-26-12-9-8-10-13-26/h8-15,25,28-29,33-35H,16-24H2,1-7H3,(H,49,57)(H,48,50,58)/t28-,29+,33-,34+,35?,45-/m0/s1. The molecule has 3 aromatic rings. The summed E-state index contributed by atoms with van der Waals surface area (Å²) in [6.45, 7) is 10.3. The molecule has 19 heteroatoms. The number of piperazine rings is 1. The minimum atomic E-state index is -1.50. The van der Waals surface area contributed by atoms with Crippen LogP contribution in [0.1, 0.15) is 94.0 Å². The Morgan fingerprint density at radius 2 is 1.78 bits per heavy atom. The number of hydrogen-bond acceptors (Lipinski definition) is 13. The number of ketones is 1. The Morgan fingerprint density at radius 3 is 2.47 bits per heavy atom. The molecule has 2 aromatic carbocycles. The maximum Gasteiger partial charge on any atom is 0.461 e. The zero-order valence-corrected chi connectivity index (χ0v) is 38.0. The largest absolute Gasteiger partial charge is 0.496 e. The first-order chi connectivity index (χ1) is 30.3. The van der Waals surface area contributed by atoms with Gasteiger partial charge in [0.1, 0.15) is 36.2 Å². The van der Waals surface area contributed by atoms with Gasteiger partial charge in [0, 0.05) is 37.3 Å². The Balaban J connectivity index is 1.19. The number of alkyl halides is 1. The van der Waals surface area contributed by atoms with Crippen LogP contribution in [0, 0.1) is 17.3 Å². The maximum absolute atomic E-state index is 15.0. The number of halogens is 1. The molecule has 2 bridgehead atoms. The van der Waals surface area contributed by atoms with Crippen LogP contribution in [-0.4, -0.2) is 108 Å². The van der Waals surface area contributed by atoms with E-state index >= 15 is 0 Å². The summed E-state index contributed by atoms with van der Waals surface area (Å²) < 4.78 is 43.7. The van der Waals surface area contributed by atoms with E-state index in [1.165, 1.54) is 12.5 Å². The number of thiazole rings is 1. The van der Waals surface area contributed by atoms with Crippen molar-refractivity contribution in [3.63, 3.8) is 0 Å². The molecular weight excluding hydrogens is 848 g/mol. The minimum absolute atomic E-state index is 0.00954. The number of aromatic nitrogens is 1. The number of imide groups is 1. The Labute approximate surface area is 376 Å². The van der Waals surface area contributed by atoms with Crippen LogP contribution in [0.5, 0.6) is 5.75 Å². The highest BCUT2D eigenvalue weighted by Gasteiger charge is 2.68. The van der Waals surface area contributed by atoms with Gasteiger partial charge in [-0.3, -0.25) is 24.6 Å². The lowest BCUT2D eigenvalue weighted by Gasteiger charge is -2.64. The summed E-state index contributed by atoms with van der Waals surface area (Å²) >= 11 is 0.979. The van der Waals surface area contributed by atoms with Crippen LogP contribution >= 0.6 is 11.3 Å². The number of methoxy groups -OCH3 is 1. The van der Waals surface area contributed by atoms with Crippen LogP contribution in [0.25, 0.3) is 0 Å². The Bertz CT molecular complexity index is 2270. The summed E-state index contributed by atoms with van der Waals surface area (Å²) in [5, 5.41) is 6.74. The van der Waals surface area contributed by atoms with Crippen molar-refractivity contribution in [2.45, 2.75) is 103 Å². The number of nitrogens with zero attached hydrogens (tertiary/aromatic N) is 3. The highest BCUT2D eigenvalue weighted by molar-refractivity contribution is 7.13. The Morgan fingerprint density at radius 1 is 1.03 bits per heavy atom. The van der Waals surface area contributed by atoms with Gasteiger partial charge in [0.05, 0.1) is 24.5 Å². The molecule has 8 rings (SSSR count). The van der Waals surface area contributed by atoms with Gasteiger partial charge in [0.25, 0.3) is 0 Å². The van der Waals surface area contributed by atoms with Gasteiger partial charge in [0.15, 0.2) is 10.9 Å². The second kappa shape index (κ2) is 18.6. The molecule has 342 valence electrons. The normalized spacial score (nSPS) is 23.4. The summed E-state index contributed by atoms with van der Waals surface area (Å²) in [6, 6.07) is 11.6. The van der Waals surface area contributed by atoms with E-state index in [1.54, 1.807) is 51.1 Å². The van der Waals surface area contributed by atoms with Gasteiger partial charge in [-0.2, -0.15) is 0 Å². The van der Waals surface area contributed by atoms with Crippen molar-refractivity contribution in [2.24, 2.45) is 17.3 Å². The van der Waals surface area contributed by atoms with Gasteiger partial charge in [-0.1, -0.05) is 56.3 Å². The second-order valence-corrected chi connectivity index (χ2v) is 19.4. The lowest BCUT2D eigenvalue weighted by molar-refractivity contribution is -0.199. The Kier molecular flexibility index (Phi) is 13.5. The van der Waals surface area contributed by atoms with Crippen molar-refractivity contribution in [3.8, 4) is 5.75 Å². The van der Waals surface area contributed by atoms with Gasteiger partial charge in [0.2, 0.25) is 0 Å². The third-order valence-electron chi connectivity index (χ3n) is 13.0. The van der Waals surface area contributed by atoms with Crippen molar-refractivity contribution in [3.05, 3.63) is 76.3 Å². The summed E-state index contributed by atoms with van der Waals surface area (Å²) in [7, 11) is 0.538. The third-order valence-corrected chi connectivity index (χ3v) is 13.7. The highest BCUT2D eigenvalue weighted by Crippen LogP contribution is 2.66. The zero-order valence-electron chi connectivity index (χ0n) is 37.1. The van der Waals surface area contributed by atoms with E-state index in [9.17, 15) is 33.2 Å². The number of nitrogens with one attached hydrogen (secondary N) is 2. The minimum Gasteiger partial charge on any atom is -0.496 e. The quantitative estimate of drug-likeness (QED) is 0.0952. The predicted molar refractivity (Wildman–Crippen MR) is 233 cm³/mol. The average molecular weight is 904 g/mol. The first-order valence-corrected chi connectivity index (χ1v) is 22.4. The van der Waals surface area contributed by atoms with Crippen LogP contribution in [-0.2, 0) is 46.2 Å². The summed E-state index contributed by atoms with van der Waals surface area (Å²) in [4.78, 5) is 87.2. The number of Topliss-reactive ketones (excluding diaryl/α,β-unsaturated/α-hetero) is 1. The first kappa shape index (κ1) is 46.6. The molecule has 3 saturated carbocycles. The monoisotopic (exact) mass is 903 g/mol. The molecule has 3 aliphatic carbocycles. The first-order valence-electron chi connectivity index (χ1n) is 21.5. The molecule has 5 amide bonds. The zero-order chi connectivity index (χ0) is 46.1. The summed E-state index contributed by atoms with van der Waals surface area (Å²) in [5.74, 6) is -3.20. The molecule has 0 spiro atoms. The van der Waals surface area contributed by atoms with Crippen molar-refractivity contribution in [1.82, 2.24) is 20.1 Å². The lowest BCUT2D eigenvalue weighted by atomic mass is 9.43. The van der Waals surface area contributed by atoms with E-state index in [1.807, 2.05) is 18.2 Å². The van der Waals surface area contributed by atoms with Gasteiger partial charge in [-0.25, -0.2) is 23.8 Å². The number of benzene rings is 2. The van der Waals surface area contributed by atoms with E-state index in [0.717, 1.165) is 34.6 Å². The fourth-order valence-electron chi connectivity index (χ4n) is 9.53. The topological polar surface area (TPSA) is 192 Å². The molecule has 2 aliphatic heterocycles. The number of carbonyl (C=O) groups is 6. The third kappa shape index (κ3) is 9.66. The number of urea groups is 1. The predicted octanol–water partition coefficient (Wildman–Crippen LogP) is 6.55. The second-order valence-electron chi connectivity index (χ2n) is 18.6. The molecule has 1 aromatic heterocycles. The fraction of sp³-hybridized carbons (Fsp3) is 0.533. The van der Waals surface area contributed by atoms with Gasteiger partial charge >= 0.3 is 37.0 Å². The van der Waals surface area contributed by atoms with Crippen LogP contribution in [0.2, 0.25) is 5.82 Å². The molecule has 5 aliphatic rings. The van der Waals surface area contributed by atoms with Crippen molar-refractivity contribution < 1.29 is 56.7 Å². The Hall–Kier alpha value is -5.40. The fourth-order valence-corrected chi connectivity index (χ4v) is 10.3. The number of carbonyl (C=O) groups excluding carboxylic acids is 6. The average Bonchev–Trinajstić information content (AvgIpc) is 3.86. The number of amides is 5. The maximum atomic E-state index is 15.0. The van der Waals surface area contributed by atoms with Gasteiger partial charge in [-0.05, 0) is 81.4 Å². The summed E-state index contributed by atoms with van der Waals surface area (Å²) in [5.41, 5.74) is 0.153. The SMILES string of the molecule is COc1c(C[C@H](CC(=O)C(NC(=O)N2CCN(CCF)C(=O)C2=O)c2csc(NC(=O)OCc3ccccc3)n2)B2O[C@@H]3C[C@@H]4C[C@@H](C4(C)C)[C@]3(C)O2)cccc1C(=O)OC(C)(C)C. The van der Waals surface area contributed by atoms with E-state index in [-0.39, 0.29) is 78.7 Å². The molecule has 3 heterocycles. The number of hydrogen-bond donors (Lipinski definition) is 2. The molecule has 2 N–H and O–H groups in total. The number of rotatable bonds is 15. The molecule has 1 unspecified atom stereocenters. The summed E-state index contributed by atoms with van der Waals surface area (Å²) in [6.07, 6.45) is 0.570. The van der Waals surface area contributed by atoms with Crippen molar-refractivity contribution in [1.29, 1.82) is 0 Å². The van der Waals surface area contributed by atoms with Crippen LogP contribution < -0.4 is 15.4 Å². The highest BCUT2D eigenvalue weighted by atomic mass is 32.1.